The molecule has 0 bridgehead atoms. The lowest BCUT2D eigenvalue weighted by Gasteiger charge is -2.18. The second-order valence-electron chi connectivity index (χ2n) is 6.16. The lowest BCUT2D eigenvalue weighted by molar-refractivity contribution is -0.154. The van der Waals surface area contributed by atoms with Crippen molar-refractivity contribution in [3.8, 4) is 0 Å². The second kappa shape index (κ2) is 9.88. The van der Waals surface area contributed by atoms with Gasteiger partial charge in [-0.15, -0.1) is 17.2 Å². The van der Waals surface area contributed by atoms with Crippen LogP contribution in [-0.4, -0.2) is 18.0 Å². The highest BCUT2D eigenvalue weighted by Gasteiger charge is 2.25. The SMILES string of the molecule is CSc1ccc(C(=O)C(NOC(=O)C2C=CC=CC=C2)c2ccccc2)cc1. The molecule has 1 aliphatic rings. The van der Waals surface area contributed by atoms with E-state index in [1.807, 2.05) is 60.9 Å². The molecule has 2 aromatic rings. The molecule has 1 aliphatic carbocycles. The van der Waals surface area contributed by atoms with E-state index in [1.165, 1.54) is 0 Å². The van der Waals surface area contributed by atoms with Gasteiger partial charge >= 0.3 is 5.97 Å². The van der Waals surface area contributed by atoms with E-state index in [2.05, 4.69) is 5.48 Å². The van der Waals surface area contributed by atoms with Crippen LogP contribution in [0.1, 0.15) is 22.0 Å². The zero-order chi connectivity index (χ0) is 19.8. The molecule has 3 rings (SSSR count). The largest absolute Gasteiger partial charge is 0.369 e. The monoisotopic (exact) mass is 391 g/mol. The van der Waals surface area contributed by atoms with Gasteiger partial charge < -0.3 is 4.84 Å². The third-order valence-corrected chi connectivity index (χ3v) is 5.03. The molecular formula is C23H21NO3S. The Labute approximate surface area is 168 Å². The number of thioether (sulfide) groups is 1. The fourth-order valence-electron chi connectivity index (χ4n) is 2.74. The minimum atomic E-state index is -0.790. The number of carbonyl (C=O) groups excluding carboxylic acids is 2. The van der Waals surface area contributed by atoms with Gasteiger partial charge in [0.2, 0.25) is 0 Å². The molecule has 0 heterocycles. The van der Waals surface area contributed by atoms with Crippen LogP contribution in [0.2, 0.25) is 0 Å². The van der Waals surface area contributed by atoms with E-state index in [0.29, 0.717) is 5.56 Å². The third kappa shape index (κ3) is 5.09. The molecule has 0 saturated heterocycles. The summed E-state index contributed by atoms with van der Waals surface area (Å²) in [5.74, 6) is -1.14. The predicted molar refractivity (Wildman–Crippen MR) is 112 cm³/mol. The summed E-state index contributed by atoms with van der Waals surface area (Å²) in [5, 5.41) is 0. The highest BCUT2D eigenvalue weighted by molar-refractivity contribution is 7.98. The third-order valence-electron chi connectivity index (χ3n) is 4.29. The molecule has 0 aliphatic heterocycles. The van der Waals surface area contributed by atoms with Crippen molar-refractivity contribution in [3.63, 3.8) is 0 Å². The number of ketones is 1. The van der Waals surface area contributed by atoms with Crippen molar-refractivity contribution in [3.05, 3.63) is 102 Å². The zero-order valence-electron chi connectivity index (χ0n) is 15.4. The van der Waals surface area contributed by atoms with Gasteiger partial charge in [0.25, 0.3) is 0 Å². The Kier molecular flexibility index (Phi) is 7.00. The lowest BCUT2D eigenvalue weighted by Crippen LogP contribution is -2.32. The molecule has 1 unspecified atom stereocenters. The number of hydrogen-bond acceptors (Lipinski definition) is 5. The Balaban J connectivity index is 1.77. The Morgan fingerprint density at radius 1 is 0.929 bits per heavy atom. The van der Waals surface area contributed by atoms with Crippen molar-refractivity contribution < 1.29 is 14.4 Å². The quantitative estimate of drug-likeness (QED) is 0.422. The van der Waals surface area contributed by atoms with Crippen LogP contribution in [-0.2, 0) is 9.63 Å². The first-order valence-corrected chi connectivity index (χ1v) is 10.1. The van der Waals surface area contributed by atoms with E-state index >= 15 is 0 Å². The minimum absolute atomic E-state index is 0.166. The van der Waals surface area contributed by atoms with Crippen molar-refractivity contribution in [2.24, 2.45) is 5.92 Å². The Morgan fingerprint density at radius 3 is 2.18 bits per heavy atom. The van der Waals surface area contributed by atoms with E-state index in [9.17, 15) is 9.59 Å². The fourth-order valence-corrected chi connectivity index (χ4v) is 3.15. The second-order valence-corrected chi connectivity index (χ2v) is 7.04. The van der Waals surface area contributed by atoms with Gasteiger partial charge in [0.1, 0.15) is 6.04 Å². The number of nitrogens with one attached hydrogen (secondary N) is 1. The molecule has 5 heteroatoms. The summed E-state index contributed by atoms with van der Waals surface area (Å²) < 4.78 is 0. The highest BCUT2D eigenvalue weighted by atomic mass is 32.2. The molecule has 0 aromatic heterocycles. The first-order chi connectivity index (χ1) is 13.7. The maximum atomic E-state index is 13.1. The molecule has 0 saturated carbocycles. The van der Waals surface area contributed by atoms with E-state index in [-0.39, 0.29) is 5.78 Å². The zero-order valence-corrected chi connectivity index (χ0v) is 16.3. The summed E-state index contributed by atoms with van der Waals surface area (Å²) in [6.45, 7) is 0. The molecule has 1 N–H and O–H groups in total. The van der Waals surface area contributed by atoms with Crippen molar-refractivity contribution in [1.82, 2.24) is 5.48 Å². The lowest BCUT2D eigenvalue weighted by atomic mass is 9.98. The standard InChI is InChI=1S/C23H21NO3S/c1-28-20-15-13-18(14-16-20)22(25)21(17-9-7-4-8-10-17)24-27-23(26)19-11-5-2-3-6-12-19/h2-16,19,21,24H,1H3. The van der Waals surface area contributed by atoms with Gasteiger partial charge in [0, 0.05) is 10.5 Å². The van der Waals surface area contributed by atoms with Crippen LogP contribution in [0.4, 0.5) is 0 Å². The molecule has 4 nitrogen and oxygen atoms in total. The predicted octanol–water partition coefficient (Wildman–Crippen LogP) is 4.68. The van der Waals surface area contributed by atoms with Crippen LogP contribution in [0.15, 0.2) is 95.9 Å². The van der Waals surface area contributed by atoms with Crippen LogP contribution >= 0.6 is 11.8 Å². The Bertz CT molecular complexity index is 885. The highest BCUT2D eigenvalue weighted by Crippen LogP contribution is 2.22. The van der Waals surface area contributed by atoms with Crippen molar-refractivity contribution in [2.75, 3.05) is 6.26 Å². The summed E-state index contributed by atoms with van der Waals surface area (Å²) in [7, 11) is 0. The van der Waals surface area contributed by atoms with Gasteiger partial charge in [-0.05, 0) is 24.0 Å². The average Bonchev–Trinajstić information content (AvgIpc) is 3.04. The number of rotatable bonds is 7. The minimum Gasteiger partial charge on any atom is -0.369 e. The maximum Gasteiger partial charge on any atom is 0.335 e. The first kappa shape index (κ1) is 19.9. The summed E-state index contributed by atoms with van der Waals surface area (Å²) in [6, 6.07) is 15.8. The number of hydroxylamine groups is 1. The average molecular weight is 391 g/mol. The summed E-state index contributed by atoms with van der Waals surface area (Å²) in [4.78, 5) is 31.9. The molecule has 1 atom stereocenters. The normalized spacial score (nSPS) is 14.5. The van der Waals surface area contributed by atoms with E-state index in [1.54, 1.807) is 48.2 Å². The van der Waals surface area contributed by atoms with Crippen LogP contribution < -0.4 is 5.48 Å². The van der Waals surface area contributed by atoms with Crippen LogP contribution in [0.25, 0.3) is 0 Å². The van der Waals surface area contributed by atoms with Gasteiger partial charge in [0.05, 0.1) is 5.92 Å². The molecule has 0 fully saturated rings. The molecule has 0 spiro atoms. The van der Waals surface area contributed by atoms with Crippen molar-refractivity contribution in [2.45, 2.75) is 10.9 Å². The van der Waals surface area contributed by atoms with Crippen LogP contribution in [0.3, 0.4) is 0 Å². The summed E-state index contributed by atoms with van der Waals surface area (Å²) >= 11 is 1.61. The summed E-state index contributed by atoms with van der Waals surface area (Å²) in [5.41, 5.74) is 3.96. The van der Waals surface area contributed by atoms with Gasteiger partial charge in [-0.2, -0.15) is 0 Å². The number of allylic oxidation sites excluding steroid dienone is 4. The van der Waals surface area contributed by atoms with Gasteiger partial charge in [-0.25, -0.2) is 4.79 Å². The maximum absolute atomic E-state index is 13.1. The van der Waals surface area contributed by atoms with Crippen molar-refractivity contribution >= 4 is 23.5 Å². The molecule has 142 valence electrons. The van der Waals surface area contributed by atoms with Gasteiger partial charge in [-0.3, -0.25) is 4.79 Å². The van der Waals surface area contributed by atoms with Crippen molar-refractivity contribution in [1.29, 1.82) is 0 Å². The molecular weight excluding hydrogens is 370 g/mol. The number of benzene rings is 2. The van der Waals surface area contributed by atoms with Gasteiger partial charge in [0.15, 0.2) is 5.78 Å². The number of hydrogen-bond donors (Lipinski definition) is 1. The summed E-state index contributed by atoms with van der Waals surface area (Å²) in [6.07, 6.45) is 12.7. The Morgan fingerprint density at radius 2 is 1.57 bits per heavy atom. The van der Waals surface area contributed by atoms with Crippen LogP contribution in [0.5, 0.6) is 0 Å². The number of carbonyl (C=O) groups is 2. The molecule has 28 heavy (non-hydrogen) atoms. The molecule has 0 radical (unpaired) electrons. The fraction of sp³-hybridized carbons (Fsp3) is 0.130. The topological polar surface area (TPSA) is 55.4 Å². The first-order valence-electron chi connectivity index (χ1n) is 8.90. The van der Waals surface area contributed by atoms with E-state index in [4.69, 9.17) is 4.84 Å². The Hall–Kier alpha value is -2.89. The molecule has 2 aromatic carbocycles. The van der Waals surface area contributed by atoms with E-state index in [0.717, 1.165) is 10.5 Å². The van der Waals surface area contributed by atoms with E-state index < -0.39 is 17.9 Å². The molecule has 0 amide bonds. The van der Waals surface area contributed by atoms with Gasteiger partial charge in [-0.1, -0.05) is 78.9 Å². The van der Waals surface area contributed by atoms with Crippen LogP contribution in [0, 0.1) is 5.92 Å². The smallest absolute Gasteiger partial charge is 0.335 e. The number of Topliss-reactive ketones (excluding diaryl/α,β-unsaturated/α-hetero) is 1.